The molecule has 0 spiro atoms. The predicted octanol–water partition coefficient (Wildman–Crippen LogP) is 1.71. The van der Waals surface area contributed by atoms with Gasteiger partial charge < -0.3 is 7.59 Å². The summed E-state index contributed by atoms with van der Waals surface area (Å²) >= 11 is 0. The van der Waals surface area contributed by atoms with E-state index in [9.17, 15) is 4.79 Å². The van der Waals surface area contributed by atoms with E-state index >= 15 is 0 Å². The number of rotatable bonds is 2. The molecule has 0 atom stereocenters. The largest absolute Gasteiger partial charge is 2.00 e. The van der Waals surface area contributed by atoms with Crippen LogP contribution in [0.2, 0.25) is 0 Å². The van der Waals surface area contributed by atoms with Crippen molar-refractivity contribution in [2.75, 3.05) is 6.61 Å². The van der Waals surface area contributed by atoms with Crippen molar-refractivity contribution < 1.29 is 12.4 Å². The maximum absolute atomic E-state index is 11.0. The molecule has 0 saturated heterocycles. The predicted molar refractivity (Wildman–Crippen MR) is 50.4 cm³/mol. The smallest absolute Gasteiger partial charge is 1.00 e. The average Bonchev–Trinajstić information content (AvgIpc) is 2.07. The van der Waals surface area contributed by atoms with Crippen LogP contribution in [0.15, 0.2) is 30.3 Å². The molecule has 0 aliphatic heterocycles. The molecule has 0 unspecified atom stereocenters. The van der Waals surface area contributed by atoms with Crippen molar-refractivity contribution in [3.05, 3.63) is 35.9 Å². The van der Waals surface area contributed by atoms with Crippen molar-refractivity contribution in [3.63, 3.8) is 0 Å². The Morgan fingerprint density at radius 1 is 1.42 bits per heavy atom. The monoisotopic (exact) mass is 192 g/mol. The van der Waals surface area contributed by atoms with E-state index < -0.39 is 0 Å². The van der Waals surface area contributed by atoms with Gasteiger partial charge in [0, 0.05) is 0 Å². The molecule has 0 amide bonds. The number of hydrogen-bond donors (Lipinski definition) is 0. The summed E-state index contributed by atoms with van der Waals surface area (Å²) in [5, 5.41) is 0. The summed E-state index contributed by atoms with van der Waals surface area (Å²) in [6.07, 6.45) is 0. The van der Waals surface area contributed by atoms with E-state index in [0.29, 0.717) is 12.2 Å². The summed E-state index contributed by atoms with van der Waals surface area (Å²) in [6, 6.07) is 8.96. The molecule has 0 saturated carbocycles. The summed E-state index contributed by atoms with van der Waals surface area (Å²) in [7, 11) is 0. The van der Waals surface area contributed by atoms with E-state index in [2.05, 4.69) is 0 Å². The normalized spacial score (nSPS) is 8.42. The van der Waals surface area contributed by atoms with Crippen LogP contribution in [0.1, 0.15) is 20.1 Å². The quantitative estimate of drug-likeness (QED) is 0.526. The molecule has 0 aromatic heterocycles. The number of esters is 1. The number of ether oxygens (including phenoxy) is 1. The molecule has 0 heterocycles. The Kier molecular flexibility index (Phi) is 6.44. The summed E-state index contributed by atoms with van der Waals surface area (Å²) in [4.78, 5) is 11.0. The van der Waals surface area contributed by atoms with Crippen LogP contribution in [0, 0.1) is 0 Å². The molecule has 3 heteroatoms. The molecule has 0 bridgehead atoms. The average molecular weight is 192 g/mol. The van der Waals surface area contributed by atoms with Crippen LogP contribution in [0.25, 0.3) is 0 Å². The second-order valence-electron chi connectivity index (χ2n) is 2.09. The van der Waals surface area contributed by atoms with Gasteiger partial charge in [-0.05, 0) is 19.1 Å². The van der Waals surface area contributed by atoms with Gasteiger partial charge >= 0.3 is 43.7 Å². The van der Waals surface area contributed by atoms with E-state index in [1.54, 1.807) is 19.1 Å². The minimum atomic E-state index is -0.256. The first-order chi connectivity index (χ1) is 5.34. The maximum atomic E-state index is 11.0. The van der Waals surface area contributed by atoms with Gasteiger partial charge in [0.05, 0.1) is 12.2 Å². The van der Waals surface area contributed by atoms with Crippen LogP contribution in [0.4, 0.5) is 0 Å². The van der Waals surface area contributed by atoms with E-state index in [-0.39, 0.29) is 46.6 Å². The van der Waals surface area contributed by atoms with Crippen molar-refractivity contribution in [3.8, 4) is 0 Å². The number of carbonyl (C=O) groups excluding carboxylic acids is 1. The SMILES string of the molecule is CCOC(=O)c1ccccc1.[Ca+2].[H-].[H-]. The van der Waals surface area contributed by atoms with Gasteiger partial charge in [-0.2, -0.15) is 0 Å². The van der Waals surface area contributed by atoms with Crippen molar-refractivity contribution in [2.24, 2.45) is 0 Å². The van der Waals surface area contributed by atoms with E-state index in [1.807, 2.05) is 18.2 Å². The zero-order chi connectivity index (χ0) is 8.10. The maximum Gasteiger partial charge on any atom is 2.00 e. The summed E-state index contributed by atoms with van der Waals surface area (Å²) < 4.78 is 4.79. The van der Waals surface area contributed by atoms with Crippen molar-refractivity contribution in [1.29, 1.82) is 0 Å². The zero-order valence-electron chi connectivity index (χ0n) is 9.12. The molecule has 0 aliphatic carbocycles. The molecule has 0 aliphatic rings. The molecule has 12 heavy (non-hydrogen) atoms. The Morgan fingerprint density at radius 3 is 2.50 bits per heavy atom. The van der Waals surface area contributed by atoms with Crippen LogP contribution in [-0.4, -0.2) is 50.3 Å². The molecule has 0 fully saturated rings. The summed E-state index contributed by atoms with van der Waals surface area (Å²) in [6.45, 7) is 2.22. The first-order valence-electron chi connectivity index (χ1n) is 3.56. The second kappa shape index (κ2) is 6.46. The minimum absolute atomic E-state index is 0. The Bertz CT molecular complexity index is 242. The van der Waals surface area contributed by atoms with Crippen molar-refractivity contribution in [1.82, 2.24) is 0 Å². The Balaban J connectivity index is -0.000000403. The first kappa shape index (κ1) is 11.9. The number of benzene rings is 1. The molecule has 0 radical (unpaired) electrons. The van der Waals surface area contributed by atoms with Gasteiger partial charge in [-0.15, -0.1) is 0 Å². The standard InChI is InChI=1S/C9H10O2.Ca.2H/c1-2-11-9(10)8-6-4-3-5-7-8;;;/h3-7H,2H2,1H3;;;/q;+2;2*-1. The third-order valence-electron chi connectivity index (χ3n) is 1.28. The van der Waals surface area contributed by atoms with Gasteiger partial charge in [-0.1, -0.05) is 18.2 Å². The van der Waals surface area contributed by atoms with Crippen LogP contribution >= 0.6 is 0 Å². The van der Waals surface area contributed by atoms with Crippen LogP contribution in [-0.2, 0) is 4.74 Å². The van der Waals surface area contributed by atoms with Gasteiger partial charge in [0.2, 0.25) is 0 Å². The molecule has 1 aromatic carbocycles. The molecule has 0 N–H and O–H groups in total. The molecule has 1 aromatic rings. The number of carbonyl (C=O) groups is 1. The molecule has 2 nitrogen and oxygen atoms in total. The fraction of sp³-hybridized carbons (Fsp3) is 0.222. The van der Waals surface area contributed by atoms with E-state index in [0.717, 1.165) is 0 Å². The first-order valence-corrected chi connectivity index (χ1v) is 3.56. The van der Waals surface area contributed by atoms with Crippen LogP contribution < -0.4 is 0 Å². The third kappa shape index (κ3) is 3.57. The Hall–Kier alpha value is -0.0503. The fourth-order valence-electron chi connectivity index (χ4n) is 0.789. The van der Waals surface area contributed by atoms with Gasteiger partial charge in [-0.25, -0.2) is 4.79 Å². The zero-order valence-corrected chi connectivity index (χ0v) is 9.33. The fourth-order valence-corrected chi connectivity index (χ4v) is 0.789. The third-order valence-corrected chi connectivity index (χ3v) is 1.28. The molecule has 62 valence electrons. The second-order valence-corrected chi connectivity index (χ2v) is 2.09. The minimum Gasteiger partial charge on any atom is -1.00 e. The van der Waals surface area contributed by atoms with E-state index in [4.69, 9.17) is 4.74 Å². The topological polar surface area (TPSA) is 26.3 Å². The number of hydrogen-bond acceptors (Lipinski definition) is 2. The van der Waals surface area contributed by atoms with E-state index in [1.165, 1.54) is 0 Å². The molecule has 1 rings (SSSR count). The Labute approximate surface area is 105 Å². The van der Waals surface area contributed by atoms with Gasteiger partial charge in [0.25, 0.3) is 0 Å². The summed E-state index contributed by atoms with van der Waals surface area (Å²) in [5.74, 6) is -0.256. The Morgan fingerprint density at radius 2 is 2.00 bits per heavy atom. The van der Waals surface area contributed by atoms with Gasteiger partial charge in [0.1, 0.15) is 0 Å². The van der Waals surface area contributed by atoms with Crippen molar-refractivity contribution >= 4 is 43.7 Å². The van der Waals surface area contributed by atoms with Crippen LogP contribution in [0.5, 0.6) is 0 Å². The molecular formula is C9H12CaO2. The van der Waals surface area contributed by atoms with Gasteiger partial charge in [0.15, 0.2) is 0 Å². The van der Waals surface area contributed by atoms with Gasteiger partial charge in [-0.3, -0.25) is 0 Å². The summed E-state index contributed by atoms with van der Waals surface area (Å²) in [5.41, 5.74) is 0.606. The van der Waals surface area contributed by atoms with Crippen molar-refractivity contribution in [2.45, 2.75) is 6.92 Å². The molecular weight excluding hydrogens is 180 g/mol. The van der Waals surface area contributed by atoms with Crippen LogP contribution in [0.3, 0.4) is 0 Å².